The summed E-state index contributed by atoms with van der Waals surface area (Å²) in [5.74, 6) is 3.72. The van der Waals surface area contributed by atoms with E-state index in [2.05, 4.69) is 83.4 Å². The Morgan fingerprint density at radius 1 is 0.635 bits per heavy atom. The normalized spacial score (nSPS) is 15.3. The minimum atomic E-state index is 0.313. The first kappa shape index (κ1) is 33.8. The van der Waals surface area contributed by atoms with E-state index in [1.165, 1.54) is 0 Å². The van der Waals surface area contributed by atoms with Crippen molar-refractivity contribution in [2.24, 2.45) is 0 Å². The Hall–Kier alpha value is -5.36. The molecule has 6 aromatic rings. The Balaban J connectivity index is 1.33. The van der Waals surface area contributed by atoms with Crippen molar-refractivity contribution in [1.82, 2.24) is 24.4 Å². The van der Waals surface area contributed by atoms with Crippen LogP contribution in [0.3, 0.4) is 0 Å². The minimum Gasteiger partial charge on any atom is -0.496 e. The van der Waals surface area contributed by atoms with E-state index in [0.29, 0.717) is 42.6 Å². The maximum atomic E-state index is 5.92. The summed E-state index contributed by atoms with van der Waals surface area (Å²) in [6.07, 6.45) is 0. The Kier molecular flexibility index (Phi) is 9.08. The van der Waals surface area contributed by atoms with Gasteiger partial charge in [0.1, 0.15) is 17.3 Å². The summed E-state index contributed by atoms with van der Waals surface area (Å²) in [4.78, 5) is 27.7. The number of fused-ring (bicyclic) bond motifs is 2. The van der Waals surface area contributed by atoms with E-state index in [9.17, 15) is 0 Å². The lowest BCUT2D eigenvalue weighted by molar-refractivity contribution is 0.122. The van der Waals surface area contributed by atoms with Crippen molar-refractivity contribution in [2.75, 3.05) is 103 Å². The van der Waals surface area contributed by atoms with E-state index < -0.39 is 0 Å². The third-order valence-electron chi connectivity index (χ3n) is 10.1. The summed E-state index contributed by atoms with van der Waals surface area (Å²) < 4.78 is 17.6. The Bertz CT molecular complexity index is 2250. The third-order valence-corrected chi connectivity index (χ3v) is 10.1. The lowest BCUT2D eigenvalue weighted by Gasteiger charge is -2.33. The first-order valence-corrected chi connectivity index (χ1v) is 17.9. The average molecular weight is 698 g/mol. The van der Waals surface area contributed by atoms with Gasteiger partial charge in [-0.15, -0.1) is 0 Å². The SMILES string of the molecule is COc1ccc(N2CCOCC2)cc1-c1nc([N+](C)(C)c2ccc(N3CCOCC3)cc2-c2nc(N(C)C)c3ccccc3n2)c2ccccc2n1. The van der Waals surface area contributed by atoms with Gasteiger partial charge >= 0.3 is 0 Å². The number of methoxy groups -OCH3 is 1. The molecule has 11 nitrogen and oxygen atoms in total. The molecule has 0 bridgehead atoms. The number of quaternary nitrogens is 1. The number of ether oxygens (including phenoxy) is 3. The second kappa shape index (κ2) is 14.0. The van der Waals surface area contributed by atoms with E-state index in [0.717, 1.165) is 93.6 Å². The van der Waals surface area contributed by atoms with Crippen LogP contribution in [0.25, 0.3) is 44.6 Å². The number of nitrogens with zero attached hydrogens (tertiary/aromatic N) is 8. The Morgan fingerprint density at radius 2 is 1.17 bits per heavy atom. The van der Waals surface area contributed by atoms with Gasteiger partial charge in [0.15, 0.2) is 11.6 Å². The number of morpholine rings is 2. The second-order valence-corrected chi connectivity index (χ2v) is 13.9. The first-order chi connectivity index (χ1) is 25.3. The maximum absolute atomic E-state index is 5.92. The van der Waals surface area contributed by atoms with Crippen LogP contribution in [0.15, 0.2) is 84.9 Å². The van der Waals surface area contributed by atoms with Crippen LogP contribution in [0.5, 0.6) is 5.75 Å². The van der Waals surface area contributed by atoms with Crippen molar-refractivity contribution in [3.05, 3.63) is 84.9 Å². The summed E-state index contributed by atoms with van der Waals surface area (Å²) in [7, 11) is 10.1. The largest absolute Gasteiger partial charge is 0.496 e. The van der Waals surface area contributed by atoms with Gasteiger partial charge in [0, 0.05) is 63.1 Å². The van der Waals surface area contributed by atoms with E-state index in [1.54, 1.807) is 7.11 Å². The molecule has 266 valence electrons. The fourth-order valence-electron chi connectivity index (χ4n) is 7.34. The quantitative estimate of drug-likeness (QED) is 0.163. The zero-order valence-corrected chi connectivity index (χ0v) is 30.5. The van der Waals surface area contributed by atoms with Crippen LogP contribution in [-0.2, 0) is 9.47 Å². The molecule has 0 saturated carbocycles. The van der Waals surface area contributed by atoms with E-state index in [4.69, 9.17) is 34.1 Å². The predicted octanol–water partition coefficient (Wildman–Crippen LogP) is 6.55. The molecule has 0 atom stereocenters. The average Bonchev–Trinajstić information content (AvgIpc) is 3.20. The highest BCUT2D eigenvalue weighted by Crippen LogP contribution is 2.44. The molecule has 4 aromatic carbocycles. The van der Waals surface area contributed by atoms with Crippen molar-refractivity contribution in [3.8, 4) is 28.5 Å². The van der Waals surface area contributed by atoms with Gasteiger partial charge in [-0.25, -0.2) is 19.4 Å². The molecule has 0 radical (unpaired) electrons. The van der Waals surface area contributed by atoms with E-state index >= 15 is 0 Å². The topological polar surface area (TPSA) is 89.0 Å². The van der Waals surface area contributed by atoms with Crippen molar-refractivity contribution >= 4 is 50.5 Å². The zero-order valence-electron chi connectivity index (χ0n) is 30.5. The van der Waals surface area contributed by atoms with Gasteiger partial charge in [-0.05, 0) is 54.6 Å². The minimum absolute atomic E-state index is 0.313. The fourth-order valence-corrected chi connectivity index (χ4v) is 7.34. The number of para-hydroxylation sites is 2. The van der Waals surface area contributed by atoms with Crippen LogP contribution < -0.4 is 23.9 Å². The Morgan fingerprint density at radius 3 is 1.79 bits per heavy atom. The fraction of sp³-hybridized carbons (Fsp3) is 0.317. The van der Waals surface area contributed by atoms with E-state index in [1.807, 2.05) is 44.4 Å². The molecular weight excluding hydrogens is 653 g/mol. The number of hydrogen-bond acceptors (Lipinski definition) is 10. The second-order valence-electron chi connectivity index (χ2n) is 13.9. The summed E-state index contributed by atoms with van der Waals surface area (Å²) in [6, 6.07) is 29.4. The van der Waals surface area contributed by atoms with Crippen LogP contribution in [0.2, 0.25) is 0 Å². The van der Waals surface area contributed by atoms with Gasteiger partial charge < -0.3 is 28.9 Å². The molecule has 2 aromatic heterocycles. The van der Waals surface area contributed by atoms with Gasteiger partial charge in [0.2, 0.25) is 5.82 Å². The van der Waals surface area contributed by atoms with E-state index in [-0.39, 0.29) is 0 Å². The molecule has 52 heavy (non-hydrogen) atoms. The maximum Gasteiger partial charge on any atom is 0.243 e. The van der Waals surface area contributed by atoms with Crippen LogP contribution >= 0.6 is 0 Å². The summed E-state index contributed by atoms with van der Waals surface area (Å²) >= 11 is 0. The zero-order chi connectivity index (χ0) is 35.8. The third kappa shape index (κ3) is 6.25. The lowest BCUT2D eigenvalue weighted by atomic mass is 10.1. The van der Waals surface area contributed by atoms with Gasteiger partial charge in [0.05, 0.1) is 75.2 Å². The number of rotatable bonds is 8. The lowest BCUT2D eigenvalue weighted by Crippen LogP contribution is -2.37. The first-order valence-electron chi connectivity index (χ1n) is 17.9. The predicted molar refractivity (Wildman–Crippen MR) is 210 cm³/mol. The summed E-state index contributed by atoms with van der Waals surface area (Å²) in [5, 5.41) is 1.98. The van der Waals surface area contributed by atoms with Gasteiger partial charge in [-0.1, -0.05) is 24.3 Å². The standard InChI is InChI=1S/C41H45N8O3/c1-46(2)40-30-10-6-8-12-34(30)42-38(44-40)32-26-28(47-18-22-51-23-19-47)14-16-36(32)49(3,4)41-31-11-7-9-13-35(31)43-39(45-41)33-27-29(15-17-37(33)50-5)48-20-24-52-25-21-48/h6-17,26-27H,18-25H2,1-5H3/q+1. The van der Waals surface area contributed by atoms with Crippen LogP contribution in [0, 0.1) is 0 Å². The van der Waals surface area contributed by atoms with Gasteiger partial charge in [-0.3, -0.25) is 0 Å². The number of anilines is 3. The Labute approximate surface area is 304 Å². The molecule has 2 aliphatic heterocycles. The van der Waals surface area contributed by atoms with Gasteiger partial charge in [-0.2, -0.15) is 4.98 Å². The van der Waals surface area contributed by atoms with Crippen molar-refractivity contribution in [3.63, 3.8) is 0 Å². The molecule has 2 aliphatic rings. The summed E-state index contributed by atoms with van der Waals surface area (Å²) in [5.41, 5.74) is 6.76. The molecule has 0 N–H and O–H groups in total. The monoisotopic (exact) mass is 697 g/mol. The van der Waals surface area contributed by atoms with Crippen molar-refractivity contribution in [2.45, 2.75) is 0 Å². The highest BCUT2D eigenvalue weighted by atomic mass is 16.5. The number of hydrogen-bond donors (Lipinski definition) is 0. The van der Waals surface area contributed by atoms with Crippen LogP contribution in [0.4, 0.5) is 28.7 Å². The molecule has 0 aliphatic carbocycles. The summed E-state index contributed by atoms with van der Waals surface area (Å²) in [6.45, 7) is 6.10. The smallest absolute Gasteiger partial charge is 0.243 e. The molecule has 11 heteroatoms. The van der Waals surface area contributed by atoms with Crippen LogP contribution in [0.1, 0.15) is 0 Å². The molecule has 2 saturated heterocycles. The van der Waals surface area contributed by atoms with Crippen LogP contribution in [-0.4, -0.2) is 108 Å². The molecule has 8 rings (SSSR count). The number of aromatic nitrogens is 4. The van der Waals surface area contributed by atoms with Crippen molar-refractivity contribution < 1.29 is 14.2 Å². The molecule has 0 amide bonds. The number of benzene rings is 4. The molecule has 2 fully saturated rings. The van der Waals surface area contributed by atoms with Crippen molar-refractivity contribution in [1.29, 1.82) is 0 Å². The highest BCUT2D eigenvalue weighted by Gasteiger charge is 2.34. The molecule has 0 unspecified atom stereocenters. The van der Waals surface area contributed by atoms with Gasteiger partial charge in [0.25, 0.3) is 0 Å². The highest BCUT2D eigenvalue weighted by molar-refractivity contribution is 5.95. The molecule has 0 spiro atoms. The molecular formula is C41H45N8O3+. The molecule has 4 heterocycles.